The highest BCUT2D eigenvalue weighted by atomic mass is 32.1. The smallest absolute Gasteiger partial charge is 0.191 e. The first kappa shape index (κ1) is 17.3. The summed E-state index contributed by atoms with van der Waals surface area (Å²) in [6, 6.07) is 5.76. The van der Waals surface area contributed by atoms with Crippen molar-refractivity contribution < 1.29 is 9.47 Å². The van der Waals surface area contributed by atoms with Crippen LogP contribution in [0, 0.1) is 0 Å². The van der Waals surface area contributed by atoms with Gasteiger partial charge in [-0.2, -0.15) is 0 Å². The number of ether oxygens (including phenoxy) is 2. The molecule has 2 N–H and O–H groups in total. The second kappa shape index (κ2) is 8.06. The van der Waals surface area contributed by atoms with Crippen molar-refractivity contribution in [2.75, 3.05) is 45.3 Å². The Morgan fingerprint density at radius 2 is 2.04 bits per heavy atom. The van der Waals surface area contributed by atoms with Crippen LogP contribution < -0.4 is 20.1 Å². The van der Waals surface area contributed by atoms with Crippen molar-refractivity contribution in [2.45, 2.75) is 6.54 Å². The van der Waals surface area contributed by atoms with Crippen LogP contribution in [0.2, 0.25) is 0 Å². The van der Waals surface area contributed by atoms with E-state index in [1.54, 1.807) is 25.6 Å². The predicted molar refractivity (Wildman–Crippen MR) is 101 cm³/mol. The van der Waals surface area contributed by atoms with E-state index in [1.165, 1.54) is 0 Å². The average Bonchev–Trinajstić information content (AvgIpc) is 3.20. The van der Waals surface area contributed by atoms with E-state index in [4.69, 9.17) is 15.2 Å². The van der Waals surface area contributed by atoms with E-state index in [0.717, 1.165) is 36.9 Å². The Morgan fingerprint density at radius 1 is 1.24 bits per heavy atom. The molecule has 0 spiro atoms. The molecule has 0 atom stereocenters. The molecule has 134 valence electrons. The number of thiazole rings is 1. The minimum absolute atomic E-state index is 0.457. The molecule has 1 aromatic heterocycles. The van der Waals surface area contributed by atoms with Crippen molar-refractivity contribution in [1.29, 1.82) is 0 Å². The monoisotopic (exact) mass is 361 g/mol. The van der Waals surface area contributed by atoms with Crippen LogP contribution in [0.3, 0.4) is 0 Å². The predicted octanol–water partition coefficient (Wildman–Crippen LogP) is 1.80. The molecule has 0 bridgehead atoms. The maximum atomic E-state index is 6.19. The first-order valence-electron chi connectivity index (χ1n) is 8.12. The molecule has 1 aromatic carbocycles. The molecule has 0 unspecified atom stereocenters. The van der Waals surface area contributed by atoms with Gasteiger partial charge in [0.1, 0.15) is 0 Å². The minimum Gasteiger partial charge on any atom is -0.493 e. The molecule has 7 nitrogen and oxygen atoms in total. The summed E-state index contributed by atoms with van der Waals surface area (Å²) < 4.78 is 10.8. The number of nitrogens with zero attached hydrogens (tertiary/aromatic N) is 4. The van der Waals surface area contributed by atoms with Gasteiger partial charge in [0, 0.05) is 43.3 Å². The number of hydrogen-bond donors (Lipinski definition) is 1. The summed E-state index contributed by atoms with van der Waals surface area (Å²) in [5.74, 6) is 1.96. The van der Waals surface area contributed by atoms with Crippen LogP contribution in [0.15, 0.2) is 34.8 Å². The Labute approximate surface area is 151 Å². The highest BCUT2D eigenvalue weighted by Crippen LogP contribution is 2.31. The quantitative estimate of drug-likeness (QED) is 0.646. The van der Waals surface area contributed by atoms with E-state index in [9.17, 15) is 0 Å². The summed E-state index contributed by atoms with van der Waals surface area (Å²) in [5.41, 5.74) is 7.15. The third kappa shape index (κ3) is 3.96. The Kier molecular flexibility index (Phi) is 5.60. The summed E-state index contributed by atoms with van der Waals surface area (Å²) in [7, 11) is 3.26. The molecule has 0 saturated carbocycles. The number of guanidine groups is 1. The Bertz CT molecular complexity index is 712. The molecule has 2 heterocycles. The third-order valence-corrected chi connectivity index (χ3v) is 5.02. The largest absolute Gasteiger partial charge is 0.493 e. The summed E-state index contributed by atoms with van der Waals surface area (Å²) >= 11 is 1.66. The van der Waals surface area contributed by atoms with Crippen molar-refractivity contribution in [1.82, 2.24) is 9.88 Å². The van der Waals surface area contributed by atoms with Crippen LogP contribution in [0.1, 0.15) is 5.56 Å². The summed E-state index contributed by atoms with van der Waals surface area (Å²) in [6.07, 6.45) is 1.84. The lowest BCUT2D eigenvalue weighted by atomic mass is 10.2. The van der Waals surface area contributed by atoms with Gasteiger partial charge >= 0.3 is 0 Å². The number of aromatic nitrogens is 1. The molecule has 3 rings (SSSR count). The number of piperazine rings is 1. The number of benzene rings is 1. The molecule has 2 aromatic rings. The Hall–Kier alpha value is -2.48. The minimum atomic E-state index is 0.457. The molecule has 0 radical (unpaired) electrons. The van der Waals surface area contributed by atoms with Crippen molar-refractivity contribution in [3.8, 4) is 11.5 Å². The fourth-order valence-corrected chi connectivity index (χ4v) is 3.54. The molecular weight excluding hydrogens is 338 g/mol. The maximum Gasteiger partial charge on any atom is 0.191 e. The number of anilines is 1. The molecular formula is C17H23N5O2S. The SMILES string of the molecule is COc1cccc(CN=C(N)N2CCN(c3nccs3)CC2)c1OC. The van der Waals surface area contributed by atoms with Crippen LogP contribution in [0.5, 0.6) is 11.5 Å². The molecule has 1 aliphatic heterocycles. The molecule has 1 aliphatic rings. The first-order chi connectivity index (χ1) is 12.2. The second-order valence-corrected chi connectivity index (χ2v) is 6.49. The molecule has 1 fully saturated rings. The van der Waals surface area contributed by atoms with Crippen molar-refractivity contribution in [3.63, 3.8) is 0 Å². The van der Waals surface area contributed by atoms with E-state index >= 15 is 0 Å². The number of para-hydroxylation sites is 1. The van der Waals surface area contributed by atoms with Crippen LogP contribution in [-0.2, 0) is 6.54 Å². The summed E-state index contributed by atoms with van der Waals surface area (Å²) in [4.78, 5) is 13.3. The molecule has 1 saturated heterocycles. The number of aliphatic imine (C=N–C) groups is 1. The van der Waals surface area contributed by atoms with Gasteiger partial charge in [-0.15, -0.1) is 11.3 Å². The zero-order valence-corrected chi connectivity index (χ0v) is 15.3. The summed E-state index contributed by atoms with van der Waals surface area (Å²) in [6.45, 7) is 3.92. The van der Waals surface area contributed by atoms with Gasteiger partial charge in [-0.1, -0.05) is 12.1 Å². The van der Waals surface area contributed by atoms with Gasteiger partial charge in [0.05, 0.1) is 20.8 Å². The van der Waals surface area contributed by atoms with Gasteiger partial charge in [-0.25, -0.2) is 9.98 Å². The summed E-state index contributed by atoms with van der Waals surface area (Å²) in [5, 5.41) is 3.07. The average molecular weight is 361 g/mol. The first-order valence-corrected chi connectivity index (χ1v) is 9.00. The van der Waals surface area contributed by atoms with Gasteiger partial charge in [0.2, 0.25) is 0 Å². The van der Waals surface area contributed by atoms with E-state index in [2.05, 4.69) is 19.8 Å². The molecule has 0 aliphatic carbocycles. The van der Waals surface area contributed by atoms with E-state index in [-0.39, 0.29) is 0 Å². The molecule has 0 amide bonds. The standard InChI is InChI=1S/C17H23N5O2S/c1-23-14-5-3-4-13(15(14)24-2)12-20-16(18)21-7-9-22(10-8-21)17-19-6-11-25-17/h3-6,11H,7-10,12H2,1-2H3,(H2,18,20). The number of rotatable bonds is 5. The normalized spacial score (nSPS) is 15.4. The van der Waals surface area contributed by atoms with Gasteiger partial charge in [0.25, 0.3) is 0 Å². The number of hydrogen-bond acceptors (Lipinski definition) is 6. The third-order valence-electron chi connectivity index (χ3n) is 4.19. The van der Waals surface area contributed by atoms with Crippen LogP contribution in [0.4, 0.5) is 5.13 Å². The second-order valence-electron chi connectivity index (χ2n) is 5.62. The van der Waals surface area contributed by atoms with Gasteiger partial charge < -0.3 is 25.0 Å². The van der Waals surface area contributed by atoms with Crippen molar-refractivity contribution >= 4 is 22.4 Å². The lowest BCUT2D eigenvalue weighted by molar-refractivity contribution is 0.351. The number of nitrogens with two attached hydrogens (primary N) is 1. The zero-order chi connectivity index (χ0) is 17.6. The highest BCUT2D eigenvalue weighted by molar-refractivity contribution is 7.13. The van der Waals surface area contributed by atoms with Crippen LogP contribution in [-0.4, -0.2) is 56.2 Å². The number of methoxy groups -OCH3 is 2. The van der Waals surface area contributed by atoms with E-state index in [0.29, 0.717) is 24.0 Å². The topological polar surface area (TPSA) is 76.2 Å². The zero-order valence-electron chi connectivity index (χ0n) is 14.5. The van der Waals surface area contributed by atoms with Crippen LogP contribution in [0.25, 0.3) is 0 Å². The fourth-order valence-electron chi connectivity index (χ4n) is 2.84. The van der Waals surface area contributed by atoms with Crippen molar-refractivity contribution in [3.05, 3.63) is 35.3 Å². The fraction of sp³-hybridized carbons (Fsp3) is 0.412. The van der Waals surface area contributed by atoms with E-state index < -0.39 is 0 Å². The van der Waals surface area contributed by atoms with Gasteiger partial charge in [0.15, 0.2) is 22.6 Å². The maximum absolute atomic E-state index is 6.19. The Balaban J connectivity index is 1.61. The lowest BCUT2D eigenvalue weighted by Crippen LogP contribution is -2.51. The van der Waals surface area contributed by atoms with Gasteiger partial charge in [-0.3, -0.25) is 0 Å². The van der Waals surface area contributed by atoms with Crippen molar-refractivity contribution in [2.24, 2.45) is 10.7 Å². The van der Waals surface area contributed by atoms with Crippen LogP contribution >= 0.6 is 11.3 Å². The molecule has 25 heavy (non-hydrogen) atoms. The van der Waals surface area contributed by atoms with E-state index in [1.807, 2.05) is 29.8 Å². The molecule has 8 heteroatoms. The lowest BCUT2D eigenvalue weighted by Gasteiger charge is -2.35. The highest BCUT2D eigenvalue weighted by Gasteiger charge is 2.20. The van der Waals surface area contributed by atoms with Gasteiger partial charge in [-0.05, 0) is 6.07 Å². The Morgan fingerprint density at radius 3 is 2.68 bits per heavy atom.